The molecular formula is C15H21NO3. The predicted molar refractivity (Wildman–Crippen MR) is 73.7 cm³/mol. The molecule has 0 aliphatic heterocycles. The molecule has 0 saturated heterocycles. The topological polar surface area (TPSA) is 55.4 Å². The van der Waals surface area contributed by atoms with Crippen LogP contribution >= 0.6 is 0 Å². The fraction of sp³-hybridized carbons (Fsp3) is 0.467. The van der Waals surface area contributed by atoms with E-state index in [9.17, 15) is 9.59 Å². The number of methoxy groups -OCH3 is 1. The molecule has 19 heavy (non-hydrogen) atoms. The summed E-state index contributed by atoms with van der Waals surface area (Å²) in [6.07, 6.45) is -0.230. The van der Waals surface area contributed by atoms with Gasteiger partial charge in [-0.05, 0) is 19.4 Å². The summed E-state index contributed by atoms with van der Waals surface area (Å²) in [7, 11) is -2.69. The number of amides is 1. The molecule has 1 aromatic carbocycles. The van der Waals surface area contributed by atoms with Crippen molar-refractivity contribution >= 4 is 11.7 Å². The molecule has 104 valence electrons. The number of ketones is 1. The van der Waals surface area contributed by atoms with Crippen LogP contribution in [0.4, 0.5) is 0 Å². The van der Waals surface area contributed by atoms with Crippen LogP contribution in [0.25, 0.3) is 0 Å². The normalized spacial score (nSPS) is 17.3. The van der Waals surface area contributed by atoms with E-state index in [0.29, 0.717) is 0 Å². The zero-order valence-corrected chi connectivity index (χ0v) is 11.0. The second-order valence-electron chi connectivity index (χ2n) is 4.39. The average Bonchev–Trinajstić information content (AvgIpc) is 2.42. The van der Waals surface area contributed by atoms with Gasteiger partial charge in [0.15, 0.2) is 0 Å². The highest BCUT2D eigenvalue weighted by atomic mass is 16.5. The number of hydrogen-bond acceptors (Lipinski definition) is 3. The molecule has 1 amide bonds. The second-order valence-corrected chi connectivity index (χ2v) is 4.39. The van der Waals surface area contributed by atoms with Crippen LogP contribution in [0.5, 0.6) is 0 Å². The van der Waals surface area contributed by atoms with Crippen LogP contribution in [0.15, 0.2) is 24.3 Å². The molecule has 4 nitrogen and oxygen atoms in total. The van der Waals surface area contributed by atoms with E-state index < -0.39 is 32.0 Å². The van der Waals surface area contributed by atoms with Crippen LogP contribution in [0.1, 0.15) is 31.3 Å². The number of carbonyl (C=O) groups excluding carboxylic acids is 2. The molecule has 1 aromatic rings. The summed E-state index contributed by atoms with van der Waals surface area (Å²) in [6, 6.07) is 6.53. The van der Waals surface area contributed by atoms with Gasteiger partial charge < -0.3 is 14.8 Å². The van der Waals surface area contributed by atoms with Gasteiger partial charge in [0.1, 0.15) is 5.78 Å². The van der Waals surface area contributed by atoms with Crippen molar-refractivity contribution in [1.82, 2.24) is 5.32 Å². The SMILES string of the molecule is [2H]C([2H])([2H])OCC(CC(C)=O)C(=O)NC([2H])([2H])c1ccc(C)cc1. The minimum atomic E-state index is -2.69. The van der Waals surface area contributed by atoms with Crippen molar-refractivity contribution in [3.63, 3.8) is 0 Å². The standard InChI is InChI=1S/C15H21NO3/c1-11-4-6-13(7-5-11)9-16-15(18)14(10-19-3)8-12(2)17/h4-7,14H,8-10H2,1-3H3,(H,16,18)/i3D3,9D2. The molecule has 0 aliphatic carbocycles. The van der Waals surface area contributed by atoms with Gasteiger partial charge in [-0.3, -0.25) is 4.79 Å². The van der Waals surface area contributed by atoms with Gasteiger partial charge in [-0.2, -0.15) is 0 Å². The minimum absolute atomic E-state index is 0.230. The van der Waals surface area contributed by atoms with Crippen LogP contribution in [-0.4, -0.2) is 25.3 Å². The summed E-state index contributed by atoms with van der Waals surface area (Å²) in [5, 5.41) is 2.21. The molecule has 0 aliphatic rings. The van der Waals surface area contributed by atoms with Gasteiger partial charge in [0.05, 0.1) is 19.4 Å². The molecule has 4 heteroatoms. The lowest BCUT2D eigenvalue weighted by Crippen LogP contribution is -2.33. The number of hydrogen-bond donors (Lipinski definition) is 1. The van der Waals surface area contributed by atoms with E-state index in [0.717, 1.165) is 5.56 Å². The largest absolute Gasteiger partial charge is 0.384 e. The number of Topliss-reactive ketones (excluding diaryl/α,β-unsaturated/α-hetero) is 1. The Balaban J connectivity index is 2.85. The number of carbonyl (C=O) groups is 2. The van der Waals surface area contributed by atoms with Crippen molar-refractivity contribution in [2.75, 3.05) is 13.6 Å². The third-order valence-electron chi connectivity index (χ3n) is 2.57. The molecule has 1 N–H and O–H groups in total. The number of benzene rings is 1. The molecule has 0 saturated carbocycles. The summed E-state index contributed by atoms with van der Waals surface area (Å²) >= 11 is 0. The molecule has 0 aromatic heterocycles. The zero-order valence-electron chi connectivity index (χ0n) is 16.0. The van der Waals surface area contributed by atoms with Crippen molar-refractivity contribution in [2.24, 2.45) is 5.92 Å². The van der Waals surface area contributed by atoms with Crippen molar-refractivity contribution in [3.8, 4) is 0 Å². The first kappa shape index (κ1) is 9.26. The average molecular weight is 268 g/mol. The smallest absolute Gasteiger partial charge is 0.226 e. The van der Waals surface area contributed by atoms with Gasteiger partial charge in [-0.15, -0.1) is 0 Å². The van der Waals surface area contributed by atoms with Crippen LogP contribution in [-0.2, 0) is 20.8 Å². The van der Waals surface area contributed by atoms with Crippen molar-refractivity contribution in [1.29, 1.82) is 0 Å². The number of aryl methyl sites for hydroxylation is 1. The molecule has 1 atom stereocenters. The maximum absolute atomic E-state index is 12.3. The van der Waals surface area contributed by atoms with Crippen molar-refractivity contribution in [2.45, 2.75) is 26.8 Å². The van der Waals surface area contributed by atoms with Gasteiger partial charge >= 0.3 is 0 Å². The van der Waals surface area contributed by atoms with Gasteiger partial charge in [-0.1, -0.05) is 29.8 Å². The Kier molecular flexibility index (Phi) is 3.75. The van der Waals surface area contributed by atoms with Gasteiger partial charge in [0.25, 0.3) is 0 Å². The lowest BCUT2D eigenvalue weighted by atomic mass is 10.0. The lowest BCUT2D eigenvalue weighted by Gasteiger charge is -2.14. The summed E-state index contributed by atoms with van der Waals surface area (Å²) in [4.78, 5) is 23.6. The highest BCUT2D eigenvalue weighted by Gasteiger charge is 2.19. The van der Waals surface area contributed by atoms with E-state index in [-0.39, 0.29) is 17.8 Å². The fourth-order valence-electron chi connectivity index (χ4n) is 1.55. The molecule has 0 heterocycles. The quantitative estimate of drug-likeness (QED) is 0.821. The Morgan fingerprint density at radius 2 is 2.11 bits per heavy atom. The van der Waals surface area contributed by atoms with E-state index in [1.807, 2.05) is 6.92 Å². The molecule has 0 bridgehead atoms. The van der Waals surface area contributed by atoms with Crippen molar-refractivity contribution in [3.05, 3.63) is 35.4 Å². The summed E-state index contributed by atoms with van der Waals surface area (Å²) in [6.45, 7) is 0.475. The van der Waals surface area contributed by atoms with E-state index in [1.165, 1.54) is 6.92 Å². The molecular weight excluding hydrogens is 242 g/mol. The number of rotatable bonds is 7. The Morgan fingerprint density at radius 1 is 1.42 bits per heavy atom. The zero-order chi connectivity index (χ0) is 18.5. The van der Waals surface area contributed by atoms with Crippen LogP contribution in [0.3, 0.4) is 0 Å². The maximum atomic E-state index is 12.3. The summed E-state index contributed by atoms with van der Waals surface area (Å²) in [5.41, 5.74) is 1.20. The summed E-state index contributed by atoms with van der Waals surface area (Å²) < 4.78 is 41.6. The Bertz CT molecular complexity index is 584. The predicted octanol–water partition coefficient (Wildman–Crippen LogP) is 1.85. The van der Waals surface area contributed by atoms with Gasteiger partial charge in [0, 0.05) is 20.0 Å². The molecule has 1 unspecified atom stereocenters. The summed E-state index contributed by atoms with van der Waals surface area (Å²) in [5.74, 6) is -2.18. The van der Waals surface area contributed by atoms with Gasteiger partial charge in [0.2, 0.25) is 5.91 Å². The van der Waals surface area contributed by atoms with Gasteiger partial charge in [-0.25, -0.2) is 0 Å². The first-order valence-corrected chi connectivity index (χ1v) is 5.93. The monoisotopic (exact) mass is 268 g/mol. The van der Waals surface area contributed by atoms with Crippen LogP contribution < -0.4 is 5.32 Å². The van der Waals surface area contributed by atoms with Crippen LogP contribution in [0, 0.1) is 12.8 Å². The maximum Gasteiger partial charge on any atom is 0.226 e. The third-order valence-corrected chi connectivity index (χ3v) is 2.57. The van der Waals surface area contributed by atoms with E-state index >= 15 is 0 Å². The minimum Gasteiger partial charge on any atom is -0.384 e. The number of ether oxygens (including phenoxy) is 1. The van der Waals surface area contributed by atoms with Crippen LogP contribution in [0.2, 0.25) is 0 Å². The molecule has 1 rings (SSSR count). The highest BCUT2D eigenvalue weighted by molar-refractivity contribution is 5.85. The molecule has 0 fully saturated rings. The van der Waals surface area contributed by atoms with E-state index in [1.54, 1.807) is 24.3 Å². The van der Waals surface area contributed by atoms with Crippen molar-refractivity contribution < 1.29 is 21.2 Å². The van der Waals surface area contributed by atoms with E-state index in [2.05, 4.69) is 10.1 Å². The third kappa shape index (κ3) is 5.66. The Hall–Kier alpha value is -1.68. The van der Waals surface area contributed by atoms with E-state index in [4.69, 9.17) is 6.85 Å². The Morgan fingerprint density at radius 3 is 2.68 bits per heavy atom. The first-order valence-electron chi connectivity index (χ1n) is 8.43. The molecule has 0 spiro atoms. The second kappa shape index (κ2) is 7.69. The highest BCUT2D eigenvalue weighted by Crippen LogP contribution is 2.07. The Labute approximate surface area is 121 Å². The lowest BCUT2D eigenvalue weighted by molar-refractivity contribution is -0.130. The number of nitrogens with one attached hydrogen (secondary N) is 1. The fourth-order valence-corrected chi connectivity index (χ4v) is 1.55. The molecule has 0 radical (unpaired) electrons. The first-order chi connectivity index (χ1) is 10.9.